The van der Waals surface area contributed by atoms with Gasteiger partial charge in [0, 0.05) is 0 Å². The molecule has 99 valence electrons. The van der Waals surface area contributed by atoms with Gasteiger partial charge in [0.2, 0.25) is 0 Å². The Morgan fingerprint density at radius 1 is 0.765 bits per heavy atom. The lowest BCUT2D eigenvalue weighted by atomic mass is 10.1. The largest absolute Gasteiger partial charge is 0.0666 e. The van der Waals surface area contributed by atoms with Crippen LogP contribution >= 0.6 is 0 Å². The van der Waals surface area contributed by atoms with Crippen molar-refractivity contribution in [1.29, 1.82) is 0 Å². The lowest BCUT2D eigenvalue weighted by Crippen LogP contribution is -1.80. The highest BCUT2D eigenvalue weighted by atomic mass is 14.2. The molecule has 0 bridgehead atoms. The van der Waals surface area contributed by atoms with Crippen molar-refractivity contribution in [2.45, 2.75) is 90.4 Å². The minimum absolute atomic E-state index is 1.12. The molecule has 0 aromatic carbocycles. The Labute approximate surface area is 109 Å². The van der Waals surface area contributed by atoms with Gasteiger partial charge in [0.05, 0.1) is 0 Å². The van der Waals surface area contributed by atoms with E-state index in [-0.39, 0.29) is 0 Å². The van der Waals surface area contributed by atoms with Crippen LogP contribution in [0.25, 0.3) is 0 Å². The maximum Gasteiger partial charge on any atom is -0.0103 e. The number of unbranched alkanes of at least 4 members (excludes halogenated alkanes) is 8. The van der Waals surface area contributed by atoms with Gasteiger partial charge in [-0.25, -0.2) is 0 Å². The minimum atomic E-state index is 1.12. The molecule has 1 radical (unpaired) electrons. The fourth-order valence-corrected chi connectivity index (χ4v) is 2.53. The van der Waals surface area contributed by atoms with E-state index in [2.05, 4.69) is 13.8 Å². The van der Waals surface area contributed by atoms with Gasteiger partial charge in [-0.3, -0.25) is 0 Å². The van der Waals surface area contributed by atoms with Crippen molar-refractivity contribution >= 4 is 0 Å². The minimum Gasteiger partial charge on any atom is -0.0666 e. The van der Waals surface area contributed by atoms with Crippen molar-refractivity contribution in [1.82, 2.24) is 0 Å². The van der Waals surface area contributed by atoms with Crippen LogP contribution in [0.4, 0.5) is 0 Å². The first-order chi connectivity index (χ1) is 8.38. The quantitative estimate of drug-likeness (QED) is 0.278. The molecule has 17 heavy (non-hydrogen) atoms. The van der Waals surface area contributed by atoms with E-state index in [0.29, 0.717) is 0 Å². The van der Waals surface area contributed by atoms with Crippen LogP contribution in [-0.4, -0.2) is 0 Å². The molecule has 0 saturated heterocycles. The smallest absolute Gasteiger partial charge is 0.0103 e. The highest BCUT2D eigenvalue weighted by molar-refractivity contribution is 5.34. The third kappa shape index (κ3) is 7.63. The molecular formula is C17H31. The standard InChI is InChI=1S/C17H31/c1-3-5-7-8-9-10-11-12-14-17-15-16(17)13-6-4-2/h1,3-15H2,2H3. The first-order valence-corrected chi connectivity index (χ1v) is 7.87. The molecule has 0 aromatic rings. The Hall–Kier alpha value is -0.260. The average molecular weight is 235 g/mol. The predicted octanol–water partition coefficient (Wildman–Crippen LogP) is 6.22. The molecule has 0 unspecified atom stereocenters. The molecule has 0 atom stereocenters. The fraction of sp³-hybridized carbons (Fsp3) is 0.824. The summed E-state index contributed by atoms with van der Waals surface area (Å²) in [5.41, 5.74) is 3.62. The summed E-state index contributed by atoms with van der Waals surface area (Å²) in [5, 5.41) is 0. The topological polar surface area (TPSA) is 0 Å². The second-order valence-electron chi connectivity index (χ2n) is 5.57. The van der Waals surface area contributed by atoms with Crippen molar-refractivity contribution < 1.29 is 0 Å². The summed E-state index contributed by atoms with van der Waals surface area (Å²) < 4.78 is 0. The highest BCUT2D eigenvalue weighted by Crippen LogP contribution is 2.38. The third-order valence-electron chi connectivity index (χ3n) is 3.86. The lowest BCUT2D eigenvalue weighted by Gasteiger charge is -1.99. The van der Waals surface area contributed by atoms with E-state index in [0.717, 1.165) is 6.42 Å². The number of hydrogen-bond donors (Lipinski definition) is 0. The Bertz CT molecular complexity index is 212. The number of hydrogen-bond acceptors (Lipinski definition) is 0. The summed E-state index contributed by atoms with van der Waals surface area (Å²) in [6.07, 6.45) is 18.0. The van der Waals surface area contributed by atoms with E-state index in [1.165, 1.54) is 77.0 Å². The van der Waals surface area contributed by atoms with Crippen molar-refractivity contribution in [2.75, 3.05) is 0 Å². The maximum absolute atomic E-state index is 3.88. The molecule has 0 amide bonds. The summed E-state index contributed by atoms with van der Waals surface area (Å²) in [6, 6.07) is 0. The van der Waals surface area contributed by atoms with Crippen LogP contribution < -0.4 is 0 Å². The van der Waals surface area contributed by atoms with E-state index in [4.69, 9.17) is 0 Å². The van der Waals surface area contributed by atoms with Crippen LogP contribution in [0.15, 0.2) is 11.1 Å². The number of rotatable bonds is 12. The van der Waals surface area contributed by atoms with Crippen LogP contribution in [0, 0.1) is 6.92 Å². The van der Waals surface area contributed by atoms with Gasteiger partial charge in [-0.1, -0.05) is 76.4 Å². The van der Waals surface area contributed by atoms with Crippen molar-refractivity contribution in [3.63, 3.8) is 0 Å². The SMILES string of the molecule is [CH2]CCCCCCCCCC1=C(CCCC)C1. The van der Waals surface area contributed by atoms with Gasteiger partial charge in [-0.05, 0) is 32.1 Å². The van der Waals surface area contributed by atoms with Crippen LogP contribution in [0.1, 0.15) is 90.4 Å². The molecule has 1 aliphatic rings. The first kappa shape index (κ1) is 14.8. The van der Waals surface area contributed by atoms with Crippen LogP contribution in [0.3, 0.4) is 0 Å². The van der Waals surface area contributed by atoms with Gasteiger partial charge >= 0.3 is 0 Å². The van der Waals surface area contributed by atoms with Gasteiger partial charge in [-0.2, -0.15) is 0 Å². The van der Waals surface area contributed by atoms with Crippen molar-refractivity contribution in [3.8, 4) is 0 Å². The summed E-state index contributed by atoms with van der Waals surface area (Å²) in [7, 11) is 0. The van der Waals surface area contributed by atoms with E-state index in [1.54, 1.807) is 0 Å². The molecule has 0 N–H and O–H groups in total. The molecule has 0 heterocycles. The van der Waals surface area contributed by atoms with Crippen LogP contribution in [-0.2, 0) is 0 Å². The summed E-state index contributed by atoms with van der Waals surface area (Å²) >= 11 is 0. The highest BCUT2D eigenvalue weighted by Gasteiger charge is 2.18. The molecule has 0 nitrogen and oxygen atoms in total. The number of allylic oxidation sites excluding steroid dienone is 2. The molecule has 0 fully saturated rings. The maximum atomic E-state index is 3.88. The van der Waals surface area contributed by atoms with Gasteiger partial charge in [0.15, 0.2) is 0 Å². The van der Waals surface area contributed by atoms with E-state index < -0.39 is 0 Å². The van der Waals surface area contributed by atoms with Gasteiger partial charge in [0.25, 0.3) is 0 Å². The zero-order valence-electron chi connectivity index (χ0n) is 11.9. The van der Waals surface area contributed by atoms with Crippen LogP contribution in [0.2, 0.25) is 0 Å². The van der Waals surface area contributed by atoms with Gasteiger partial charge < -0.3 is 0 Å². The third-order valence-corrected chi connectivity index (χ3v) is 3.86. The monoisotopic (exact) mass is 235 g/mol. The molecule has 0 aliphatic heterocycles. The molecular weight excluding hydrogens is 204 g/mol. The normalized spacial score (nSPS) is 14.5. The first-order valence-electron chi connectivity index (χ1n) is 7.87. The Morgan fingerprint density at radius 2 is 1.29 bits per heavy atom. The Morgan fingerprint density at radius 3 is 1.88 bits per heavy atom. The average Bonchev–Trinajstić information content (AvgIpc) is 3.09. The summed E-state index contributed by atoms with van der Waals surface area (Å²) in [6.45, 7) is 6.17. The summed E-state index contributed by atoms with van der Waals surface area (Å²) in [5.74, 6) is 0. The zero-order chi connectivity index (χ0) is 12.3. The predicted molar refractivity (Wildman–Crippen MR) is 78.1 cm³/mol. The van der Waals surface area contributed by atoms with Crippen LogP contribution in [0.5, 0.6) is 0 Å². The Balaban J connectivity index is 1.81. The van der Waals surface area contributed by atoms with E-state index in [1.807, 2.05) is 11.1 Å². The van der Waals surface area contributed by atoms with Crippen molar-refractivity contribution in [2.24, 2.45) is 0 Å². The van der Waals surface area contributed by atoms with Crippen molar-refractivity contribution in [3.05, 3.63) is 18.1 Å². The van der Waals surface area contributed by atoms with E-state index in [9.17, 15) is 0 Å². The van der Waals surface area contributed by atoms with Gasteiger partial charge in [0.1, 0.15) is 0 Å². The molecule has 0 heteroatoms. The van der Waals surface area contributed by atoms with E-state index >= 15 is 0 Å². The lowest BCUT2D eigenvalue weighted by molar-refractivity contribution is 0.581. The zero-order valence-corrected chi connectivity index (χ0v) is 11.9. The molecule has 1 aliphatic carbocycles. The second kappa shape index (κ2) is 9.74. The second-order valence-corrected chi connectivity index (χ2v) is 5.57. The fourth-order valence-electron chi connectivity index (χ4n) is 2.53. The molecule has 0 saturated carbocycles. The summed E-state index contributed by atoms with van der Waals surface area (Å²) in [4.78, 5) is 0. The molecule has 0 aromatic heterocycles. The van der Waals surface area contributed by atoms with Gasteiger partial charge in [-0.15, -0.1) is 0 Å². The Kier molecular flexibility index (Phi) is 8.48. The molecule has 1 rings (SSSR count). The molecule has 0 spiro atoms.